The van der Waals surface area contributed by atoms with Crippen molar-refractivity contribution >= 4 is 5.97 Å². The van der Waals surface area contributed by atoms with E-state index in [2.05, 4.69) is 0 Å². The Bertz CT molecular complexity index is 599. The predicted octanol–water partition coefficient (Wildman–Crippen LogP) is 3.23. The molecule has 0 aliphatic rings. The fourth-order valence-electron chi connectivity index (χ4n) is 1.96. The van der Waals surface area contributed by atoms with Gasteiger partial charge >= 0.3 is 5.97 Å². The molecule has 0 saturated carbocycles. The van der Waals surface area contributed by atoms with Gasteiger partial charge in [-0.15, -0.1) is 0 Å². The molecule has 0 atom stereocenters. The number of carbonyl (C=O) groups excluding carboxylic acids is 1. The molecule has 0 bridgehead atoms. The number of hydrogen-bond donors (Lipinski definition) is 1. The number of para-hydroxylation sites is 1. The molecule has 0 aliphatic heterocycles. The normalized spacial score (nSPS) is 10.7. The molecule has 0 radical (unpaired) electrons. The van der Waals surface area contributed by atoms with Crippen LogP contribution in [0.15, 0.2) is 36.7 Å². The number of esters is 1. The highest BCUT2D eigenvalue weighted by molar-refractivity contribution is 5.98. The maximum atomic E-state index is 11.8. The fourth-order valence-corrected chi connectivity index (χ4v) is 1.96. The average molecular weight is 259 g/mol. The molecule has 1 N–H and O–H groups in total. The molecule has 19 heavy (non-hydrogen) atoms. The number of carbonyl (C=O) groups is 1. The molecule has 2 rings (SSSR count). The number of methoxy groups -OCH3 is 1. The molecule has 1 heterocycles. The predicted molar refractivity (Wildman–Crippen MR) is 73.3 cm³/mol. The number of aromatic nitrogens is 1. The summed E-state index contributed by atoms with van der Waals surface area (Å²) in [5.74, 6) is -0.258. The van der Waals surface area contributed by atoms with Gasteiger partial charge in [0, 0.05) is 29.6 Å². The molecular formula is C15H17NO3. The van der Waals surface area contributed by atoms with Crippen LogP contribution < -0.4 is 0 Å². The first-order chi connectivity index (χ1) is 9.04. The van der Waals surface area contributed by atoms with Crippen molar-refractivity contribution < 1.29 is 14.6 Å². The van der Waals surface area contributed by atoms with Gasteiger partial charge in [-0.25, -0.2) is 4.79 Å². The standard InChI is InChI=1S/C15H17NO3/c1-10(2)16-8-12(13(9-16)15(18)19-3)11-6-4-5-7-14(11)17/h4-10,17H,1-3H3. The van der Waals surface area contributed by atoms with Crippen LogP contribution in [0.25, 0.3) is 11.1 Å². The maximum Gasteiger partial charge on any atom is 0.340 e. The SMILES string of the molecule is COC(=O)c1cn(C(C)C)cc1-c1ccccc1O. The third-order valence-electron chi connectivity index (χ3n) is 3.04. The van der Waals surface area contributed by atoms with E-state index >= 15 is 0 Å². The summed E-state index contributed by atoms with van der Waals surface area (Å²) in [5.41, 5.74) is 1.76. The molecule has 0 unspecified atom stereocenters. The summed E-state index contributed by atoms with van der Waals surface area (Å²) in [6.45, 7) is 4.05. The quantitative estimate of drug-likeness (QED) is 0.861. The molecule has 100 valence electrons. The molecule has 0 aliphatic carbocycles. The van der Waals surface area contributed by atoms with Crippen LogP contribution in [-0.2, 0) is 4.74 Å². The Morgan fingerprint density at radius 3 is 2.47 bits per heavy atom. The van der Waals surface area contributed by atoms with Gasteiger partial charge in [0.15, 0.2) is 0 Å². The summed E-state index contributed by atoms with van der Waals surface area (Å²) in [6, 6.07) is 7.17. The minimum Gasteiger partial charge on any atom is -0.507 e. The number of nitrogens with zero attached hydrogens (tertiary/aromatic N) is 1. The van der Waals surface area contributed by atoms with Gasteiger partial charge in [-0.1, -0.05) is 18.2 Å². The second kappa shape index (κ2) is 5.18. The first kappa shape index (κ1) is 13.2. The lowest BCUT2D eigenvalue weighted by Crippen LogP contribution is -2.02. The van der Waals surface area contributed by atoms with Crippen LogP contribution in [0, 0.1) is 0 Å². The Hall–Kier alpha value is -2.23. The highest BCUT2D eigenvalue weighted by atomic mass is 16.5. The van der Waals surface area contributed by atoms with Crippen LogP contribution in [0.3, 0.4) is 0 Å². The Morgan fingerprint density at radius 2 is 1.89 bits per heavy atom. The van der Waals surface area contributed by atoms with Crippen LogP contribution in [0.4, 0.5) is 0 Å². The number of hydrogen-bond acceptors (Lipinski definition) is 3. The summed E-state index contributed by atoms with van der Waals surface area (Å²) in [5, 5.41) is 9.93. The lowest BCUT2D eigenvalue weighted by Gasteiger charge is -2.05. The highest BCUT2D eigenvalue weighted by Gasteiger charge is 2.19. The van der Waals surface area contributed by atoms with E-state index in [1.807, 2.05) is 30.7 Å². The van der Waals surface area contributed by atoms with Crippen molar-refractivity contribution in [1.29, 1.82) is 0 Å². The molecule has 2 aromatic rings. The van der Waals surface area contributed by atoms with Gasteiger partial charge in [-0.05, 0) is 19.9 Å². The van der Waals surface area contributed by atoms with Crippen LogP contribution in [0.2, 0.25) is 0 Å². The zero-order valence-corrected chi connectivity index (χ0v) is 11.3. The lowest BCUT2D eigenvalue weighted by atomic mass is 10.0. The first-order valence-corrected chi connectivity index (χ1v) is 6.12. The number of rotatable bonds is 3. The Kier molecular flexibility index (Phi) is 3.60. The van der Waals surface area contributed by atoms with E-state index in [-0.39, 0.29) is 11.8 Å². The van der Waals surface area contributed by atoms with Crippen LogP contribution in [-0.4, -0.2) is 22.8 Å². The maximum absolute atomic E-state index is 11.8. The Labute approximate surface area is 112 Å². The Morgan fingerprint density at radius 1 is 1.21 bits per heavy atom. The van der Waals surface area contributed by atoms with Gasteiger partial charge in [0.25, 0.3) is 0 Å². The number of phenolic OH excluding ortho intramolecular Hbond substituents is 1. The van der Waals surface area contributed by atoms with Crippen molar-refractivity contribution in [2.45, 2.75) is 19.9 Å². The third kappa shape index (κ3) is 2.47. The number of aromatic hydroxyl groups is 1. The van der Waals surface area contributed by atoms with Crippen LogP contribution >= 0.6 is 0 Å². The van der Waals surface area contributed by atoms with Crippen molar-refractivity contribution in [2.75, 3.05) is 7.11 Å². The largest absolute Gasteiger partial charge is 0.507 e. The monoisotopic (exact) mass is 259 g/mol. The fraction of sp³-hybridized carbons (Fsp3) is 0.267. The van der Waals surface area contributed by atoms with E-state index in [1.165, 1.54) is 7.11 Å². The molecule has 4 heteroatoms. The molecule has 4 nitrogen and oxygen atoms in total. The Balaban J connectivity index is 2.61. The molecule has 0 spiro atoms. The van der Waals surface area contributed by atoms with Crippen molar-refractivity contribution in [3.05, 3.63) is 42.2 Å². The van der Waals surface area contributed by atoms with Gasteiger partial charge < -0.3 is 14.4 Å². The minimum atomic E-state index is -0.405. The van der Waals surface area contributed by atoms with Crippen molar-refractivity contribution in [1.82, 2.24) is 4.57 Å². The number of phenols is 1. The number of benzene rings is 1. The van der Waals surface area contributed by atoms with Crippen LogP contribution in [0.1, 0.15) is 30.2 Å². The second-order valence-electron chi connectivity index (χ2n) is 4.64. The van der Waals surface area contributed by atoms with Crippen molar-refractivity contribution in [2.24, 2.45) is 0 Å². The molecule has 0 fully saturated rings. The molecule has 1 aromatic carbocycles. The highest BCUT2D eigenvalue weighted by Crippen LogP contribution is 2.33. The van der Waals surface area contributed by atoms with E-state index in [0.717, 1.165) is 0 Å². The van der Waals surface area contributed by atoms with Crippen molar-refractivity contribution in [3.63, 3.8) is 0 Å². The second-order valence-corrected chi connectivity index (χ2v) is 4.64. The summed E-state index contributed by atoms with van der Waals surface area (Å²) >= 11 is 0. The zero-order valence-electron chi connectivity index (χ0n) is 11.3. The molecule has 0 amide bonds. The molecular weight excluding hydrogens is 242 g/mol. The van der Waals surface area contributed by atoms with E-state index in [9.17, 15) is 9.90 Å². The van der Waals surface area contributed by atoms with Gasteiger partial charge in [0.1, 0.15) is 5.75 Å². The van der Waals surface area contributed by atoms with E-state index in [1.54, 1.807) is 24.4 Å². The number of ether oxygens (including phenoxy) is 1. The van der Waals surface area contributed by atoms with E-state index in [4.69, 9.17) is 4.74 Å². The minimum absolute atomic E-state index is 0.147. The van der Waals surface area contributed by atoms with Gasteiger partial charge in [0.2, 0.25) is 0 Å². The third-order valence-corrected chi connectivity index (χ3v) is 3.04. The molecule has 0 saturated heterocycles. The average Bonchev–Trinajstić information content (AvgIpc) is 2.83. The first-order valence-electron chi connectivity index (χ1n) is 6.12. The summed E-state index contributed by atoms with van der Waals surface area (Å²) < 4.78 is 6.72. The van der Waals surface area contributed by atoms with Gasteiger partial charge in [-0.3, -0.25) is 0 Å². The van der Waals surface area contributed by atoms with Crippen LogP contribution in [0.5, 0.6) is 5.75 Å². The van der Waals surface area contributed by atoms with E-state index < -0.39 is 5.97 Å². The lowest BCUT2D eigenvalue weighted by molar-refractivity contribution is 0.0601. The van der Waals surface area contributed by atoms with E-state index in [0.29, 0.717) is 16.7 Å². The molecule has 1 aromatic heterocycles. The summed E-state index contributed by atoms with van der Waals surface area (Å²) in [4.78, 5) is 11.8. The zero-order chi connectivity index (χ0) is 14.0. The summed E-state index contributed by atoms with van der Waals surface area (Å²) in [6.07, 6.45) is 3.60. The van der Waals surface area contributed by atoms with Gasteiger partial charge in [-0.2, -0.15) is 0 Å². The van der Waals surface area contributed by atoms with Gasteiger partial charge in [0.05, 0.1) is 12.7 Å². The smallest absolute Gasteiger partial charge is 0.340 e. The topological polar surface area (TPSA) is 51.5 Å². The summed E-state index contributed by atoms with van der Waals surface area (Å²) in [7, 11) is 1.35. The van der Waals surface area contributed by atoms with Crippen molar-refractivity contribution in [3.8, 4) is 16.9 Å².